The molecule has 104 valence electrons. The number of hydrogen-bond donors (Lipinski definition) is 2. The van der Waals surface area contributed by atoms with E-state index in [4.69, 9.17) is 14.6 Å². The molecule has 0 aromatic heterocycles. The van der Waals surface area contributed by atoms with Crippen LogP contribution in [0.25, 0.3) is 0 Å². The molecule has 1 heterocycles. The second kappa shape index (κ2) is 7.33. The van der Waals surface area contributed by atoms with Crippen LogP contribution in [-0.4, -0.2) is 48.4 Å². The Bertz CT molecular complexity index is 288. The maximum absolute atomic E-state index is 11.6. The van der Waals surface area contributed by atoms with Crippen LogP contribution in [0, 0.1) is 0 Å². The van der Waals surface area contributed by atoms with Gasteiger partial charge in [-0.1, -0.05) is 0 Å². The normalized spacial score (nSPS) is 23.1. The molecule has 1 fully saturated rings. The van der Waals surface area contributed by atoms with Gasteiger partial charge in [0.2, 0.25) is 5.91 Å². The molecule has 0 saturated carbocycles. The average Bonchev–Trinajstić information content (AvgIpc) is 2.36. The van der Waals surface area contributed by atoms with E-state index in [9.17, 15) is 9.59 Å². The Morgan fingerprint density at radius 2 is 2.17 bits per heavy atom. The van der Waals surface area contributed by atoms with Crippen LogP contribution in [-0.2, 0) is 19.1 Å². The third-order valence-corrected chi connectivity index (χ3v) is 2.90. The van der Waals surface area contributed by atoms with E-state index >= 15 is 0 Å². The van der Waals surface area contributed by atoms with Gasteiger partial charge in [-0.3, -0.25) is 9.59 Å². The van der Waals surface area contributed by atoms with Gasteiger partial charge in [0.05, 0.1) is 12.7 Å². The van der Waals surface area contributed by atoms with Gasteiger partial charge in [0, 0.05) is 6.61 Å². The first-order chi connectivity index (χ1) is 8.50. The first kappa shape index (κ1) is 14.9. The Morgan fingerprint density at radius 3 is 2.72 bits per heavy atom. The fraction of sp³-hybridized carbons (Fsp3) is 0.833. The van der Waals surface area contributed by atoms with Crippen LogP contribution in [0.3, 0.4) is 0 Å². The van der Waals surface area contributed by atoms with Crippen LogP contribution < -0.4 is 5.32 Å². The summed E-state index contributed by atoms with van der Waals surface area (Å²) in [5.41, 5.74) is 0. The molecular formula is C12H21NO5. The Morgan fingerprint density at radius 1 is 1.44 bits per heavy atom. The van der Waals surface area contributed by atoms with Gasteiger partial charge in [0.1, 0.15) is 12.1 Å². The van der Waals surface area contributed by atoms with Crippen molar-refractivity contribution in [2.24, 2.45) is 0 Å². The number of aliphatic carboxylic acids is 1. The van der Waals surface area contributed by atoms with Crippen molar-refractivity contribution in [1.29, 1.82) is 0 Å². The summed E-state index contributed by atoms with van der Waals surface area (Å²) in [6, 6.07) is -0.908. The standard InChI is InChI=1S/C12H21NO5/c1-8(12(15)16)13-11(14)9(2)18-7-10-5-3-4-6-17-10/h8-10H,3-7H2,1-2H3,(H,13,14)(H,15,16)/t8-,9+,10-/m1/s1. The molecular weight excluding hydrogens is 238 g/mol. The summed E-state index contributed by atoms with van der Waals surface area (Å²) in [5.74, 6) is -1.48. The van der Waals surface area contributed by atoms with Gasteiger partial charge in [0.25, 0.3) is 0 Å². The van der Waals surface area contributed by atoms with Crippen LogP contribution in [0.4, 0.5) is 0 Å². The van der Waals surface area contributed by atoms with E-state index in [0.29, 0.717) is 6.61 Å². The Kier molecular flexibility index (Phi) is 6.07. The molecule has 1 aliphatic heterocycles. The highest BCUT2D eigenvalue weighted by Crippen LogP contribution is 2.13. The molecule has 1 rings (SSSR count). The number of carboxylic acids is 1. The van der Waals surface area contributed by atoms with E-state index in [1.807, 2.05) is 0 Å². The molecule has 2 N–H and O–H groups in total. The number of carbonyl (C=O) groups excluding carboxylic acids is 1. The minimum Gasteiger partial charge on any atom is -0.480 e. The molecule has 0 bridgehead atoms. The average molecular weight is 259 g/mol. The first-order valence-corrected chi connectivity index (χ1v) is 6.27. The van der Waals surface area contributed by atoms with Crippen LogP contribution in [0.15, 0.2) is 0 Å². The fourth-order valence-electron chi connectivity index (χ4n) is 1.66. The predicted molar refractivity (Wildman–Crippen MR) is 64.2 cm³/mol. The minimum atomic E-state index is -1.06. The summed E-state index contributed by atoms with van der Waals surface area (Å²) < 4.78 is 10.9. The van der Waals surface area contributed by atoms with E-state index in [2.05, 4.69) is 5.32 Å². The molecule has 0 aliphatic carbocycles. The highest BCUT2D eigenvalue weighted by atomic mass is 16.5. The second-order valence-corrected chi connectivity index (χ2v) is 4.53. The van der Waals surface area contributed by atoms with Crippen LogP contribution in [0.5, 0.6) is 0 Å². The van der Waals surface area contributed by atoms with Gasteiger partial charge in [-0.05, 0) is 33.1 Å². The molecule has 6 heteroatoms. The number of rotatable bonds is 6. The summed E-state index contributed by atoms with van der Waals surface area (Å²) in [4.78, 5) is 22.2. The van der Waals surface area contributed by atoms with E-state index in [1.165, 1.54) is 6.92 Å². The number of ether oxygens (including phenoxy) is 2. The smallest absolute Gasteiger partial charge is 0.325 e. The predicted octanol–water partition coefficient (Wildman–Crippen LogP) is 0.550. The maximum Gasteiger partial charge on any atom is 0.325 e. The highest BCUT2D eigenvalue weighted by Gasteiger charge is 2.21. The zero-order chi connectivity index (χ0) is 13.5. The number of carbonyl (C=O) groups is 2. The lowest BCUT2D eigenvalue weighted by atomic mass is 10.1. The molecule has 0 aromatic carbocycles. The van der Waals surface area contributed by atoms with E-state index in [1.54, 1.807) is 6.92 Å². The van der Waals surface area contributed by atoms with E-state index in [-0.39, 0.29) is 6.10 Å². The zero-order valence-corrected chi connectivity index (χ0v) is 10.8. The van der Waals surface area contributed by atoms with E-state index < -0.39 is 24.0 Å². The minimum absolute atomic E-state index is 0.0471. The number of nitrogens with one attached hydrogen (secondary N) is 1. The summed E-state index contributed by atoms with van der Waals surface area (Å²) in [6.45, 7) is 4.13. The van der Waals surface area contributed by atoms with Crippen molar-refractivity contribution in [2.75, 3.05) is 13.2 Å². The molecule has 1 saturated heterocycles. The Balaban J connectivity index is 2.24. The molecule has 6 nitrogen and oxygen atoms in total. The van der Waals surface area contributed by atoms with Crippen LogP contribution in [0.2, 0.25) is 0 Å². The van der Waals surface area contributed by atoms with Crippen molar-refractivity contribution in [3.05, 3.63) is 0 Å². The SMILES string of the molecule is C[C@H](OC[C@H]1CCCCO1)C(=O)N[C@H](C)C(=O)O. The number of hydrogen-bond acceptors (Lipinski definition) is 4. The van der Waals surface area contributed by atoms with Crippen LogP contribution >= 0.6 is 0 Å². The van der Waals surface area contributed by atoms with Gasteiger partial charge >= 0.3 is 5.97 Å². The van der Waals surface area contributed by atoms with Crippen molar-refractivity contribution >= 4 is 11.9 Å². The molecule has 0 spiro atoms. The Hall–Kier alpha value is -1.14. The largest absolute Gasteiger partial charge is 0.480 e. The zero-order valence-electron chi connectivity index (χ0n) is 10.8. The van der Waals surface area contributed by atoms with Gasteiger partial charge in [-0.15, -0.1) is 0 Å². The molecule has 0 radical (unpaired) electrons. The summed E-state index contributed by atoms with van der Waals surface area (Å²) in [7, 11) is 0. The first-order valence-electron chi connectivity index (χ1n) is 6.27. The van der Waals surface area contributed by atoms with Crippen molar-refractivity contribution in [3.63, 3.8) is 0 Å². The lowest BCUT2D eigenvalue weighted by Gasteiger charge is -2.24. The fourth-order valence-corrected chi connectivity index (χ4v) is 1.66. The van der Waals surface area contributed by atoms with Gasteiger partial charge < -0.3 is 19.9 Å². The van der Waals surface area contributed by atoms with Gasteiger partial charge in [0.15, 0.2) is 0 Å². The molecule has 3 atom stereocenters. The number of carboxylic acid groups (broad SMARTS) is 1. The maximum atomic E-state index is 11.6. The second-order valence-electron chi connectivity index (χ2n) is 4.53. The van der Waals surface area contributed by atoms with Crippen molar-refractivity contribution < 1.29 is 24.2 Å². The summed E-state index contributed by atoms with van der Waals surface area (Å²) in [6.07, 6.45) is 2.51. The van der Waals surface area contributed by atoms with Crippen molar-refractivity contribution in [2.45, 2.75) is 51.4 Å². The molecule has 1 amide bonds. The third-order valence-electron chi connectivity index (χ3n) is 2.90. The molecule has 18 heavy (non-hydrogen) atoms. The van der Waals surface area contributed by atoms with Crippen molar-refractivity contribution in [1.82, 2.24) is 5.32 Å². The molecule has 0 unspecified atom stereocenters. The summed E-state index contributed by atoms with van der Waals surface area (Å²) in [5, 5.41) is 11.0. The molecule has 0 aromatic rings. The number of amides is 1. The molecule has 1 aliphatic rings. The monoisotopic (exact) mass is 259 g/mol. The lowest BCUT2D eigenvalue weighted by Crippen LogP contribution is -2.44. The highest BCUT2D eigenvalue weighted by molar-refractivity contribution is 5.85. The quantitative estimate of drug-likeness (QED) is 0.727. The van der Waals surface area contributed by atoms with E-state index in [0.717, 1.165) is 25.9 Å². The van der Waals surface area contributed by atoms with Crippen LogP contribution in [0.1, 0.15) is 33.1 Å². The summed E-state index contributed by atoms with van der Waals surface area (Å²) >= 11 is 0. The third kappa shape index (κ3) is 5.01. The Labute approximate surface area is 107 Å². The topological polar surface area (TPSA) is 84.9 Å². The van der Waals surface area contributed by atoms with Crippen molar-refractivity contribution in [3.8, 4) is 0 Å². The van der Waals surface area contributed by atoms with Gasteiger partial charge in [-0.25, -0.2) is 0 Å². The van der Waals surface area contributed by atoms with Gasteiger partial charge in [-0.2, -0.15) is 0 Å². The lowest BCUT2D eigenvalue weighted by molar-refractivity contribution is -0.144.